The van der Waals surface area contributed by atoms with Gasteiger partial charge in [0.05, 0.1) is 24.7 Å². The summed E-state index contributed by atoms with van der Waals surface area (Å²) < 4.78 is 13.2. The summed E-state index contributed by atoms with van der Waals surface area (Å²) in [7, 11) is 1.68. The number of methoxy groups -OCH3 is 1. The lowest BCUT2D eigenvalue weighted by Gasteiger charge is -2.13. The van der Waals surface area contributed by atoms with Crippen LogP contribution in [-0.4, -0.2) is 35.7 Å². The number of nitrogens with zero attached hydrogens (tertiary/aromatic N) is 2. The Morgan fingerprint density at radius 3 is 2.55 bits per heavy atom. The molecule has 3 aromatic carbocycles. The Balaban J connectivity index is 1.43. The number of nitrogens with one attached hydrogen (secondary N) is 1. The van der Waals surface area contributed by atoms with Crippen molar-refractivity contribution in [1.29, 1.82) is 0 Å². The van der Waals surface area contributed by atoms with Crippen LogP contribution in [0.15, 0.2) is 78.9 Å². The third-order valence-electron chi connectivity index (χ3n) is 5.04. The zero-order valence-electron chi connectivity index (χ0n) is 17.5. The molecule has 6 heteroatoms. The van der Waals surface area contributed by atoms with Gasteiger partial charge in [0.25, 0.3) is 5.91 Å². The summed E-state index contributed by atoms with van der Waals surface area (Å²) in [4.78, 5) is 17.0. The number of hydrogen-bond acceptors (Lipinski definition) is 4. The molecule has 1 amide bonds. The molecular weight excluding hydrogens is 390 g/mol. The number of para-hydroxylation sites is 4. The van der Waals surface area contributed by atoms with Crippen LogP contribution in [0.2, 0.25) is 0 Å². The van der Waals surface area contributed by atoms with E-state index in [1.54, 1.807) is 7.11 Å². The predicted octanol–water partition coefficient (Wildman–Crippen LogP) is 3.83. The molecule has 1 heterocycles. The maximum atomic E-state index is 12.2. The number of fused-ring (bicyclic) bond motifs is 1. The number of benzene rings is 3. The molecule has 0 saturated heterocycles. The van der Waals surface area contributed by atoms with Crippen LogP contribution in [0.5, 0.6) is 11.5 Å². The molecule has 158 valence electrons. The van der Waals surface area contributed by atoms with E-state index in [2.05, 4.69) is 22.0 Å². The zero-order chi connectivity index (χ0) is 21.5. The molecule has 4 aromatic rings. The molecule has 0 spiro atoms. The fourth-order valence-electron chi connectivity index (χ4n) is 3.53. The van der Waals surface area contributed by atoms with Crippen molar-refractivity contribution in [2.45, 2.75) is 13.0 Å². The molecule has 0 saturated carbocycles. The molecule has 4 rings (SSSR count). The van der Waals surface area contributed by atoms with E-state index in [4.69, 9.17) is 14.5 Å². The highest BCUT2D eigenvalue weighted by Gasteiger charge is 2.13. The van der Waals surface area contributed by atoms with Crippen LogP contribution in [0.3, 0.4) is 0 Å². The highest BCUT2D eigenvalue weighted by molar-refractivity contribution is 5.78. The quantitative estimate of drug-likeness (QED) is 0.451. The molecule has 31 heavy (non-hydrogen) atoms. The Hall–Kier alpha value is -3.80. The van der Waals surface area contributed by atoms with Gasteiger partial charge in [-0.2, -0.15) is 0 Å². The van der Waals surface area contributed by atoms with Crippen LogP contribution in [-0.2, 0) is 17.8 Å². The second kappa shape index (κ2) is 9.80. The minimum absolute atomic E-state index is 0.0123. The molecule has 0 aliphatic carbocycles. The van der Waals surface area contributed by atoms with E-state index in [0.717, 1.165) is 28.2 Å². The first kappa shape index (κ1) is 20.5. The Labute approximate surface area is 181 Å². The van der Waals surface area contributed by atoms with Crippen molar-refractivity contribution in [3.63, 3.8) is 0 Å². The van der Waals surface area contributed by atoms with Crippen molar-refractivity contribution in [1.82, 2.24) is 14.9 Å². The van der Waals surface area contributed by atoms with E-state index < -0.39 is 0 Å². The number of amides is 1. The topological polar surface area (TPSA) is 65.4 Å². The van der Waals surface area contributed by atoms with Gasteiger partial charge in [0.1, 0.15) is 17.3 Å². The summed E-state index contributed by atoms with van der Waals surface area (Å²) in [5.74, 6) is 2.28. The number of aromatic nitrogens is 2. The van der Waals surface area contributed by atoms with Crippen LogP contribution < -0.4 is 14.8 Å². The van der Waals surface area contributed by atoms with Gasteiger partial charge in [0, 0.05) is 18.5 Å². The highest BCUT2D eigenvalue weighted by atomic mass is 16.5. The molecule has 0 bridgehead atoms. The van der Waals surface area contributed by atoms with Crippen LogP contribution in [0.1, 0.15) is 11.4 Å². The fraction of sp³-hybridized carbons (Fsp3) is 0.200. The van der Waals surface area contributed by atoms with Crippen molar-refractivity contribution >= 4 is 16.9 Å². The van der Waals surface area contributed by atoms with Crippen molar-refractivity contribution < 1.29 is 14.3 Å². The average Bonchev–Trinajstić information content (AvgIpc) is 3.16. The molecular formula is C25H25N3O3. The predicted molar refractivity (Wildman–Crippen MR) is 120 cm³/mol. The number of carbonyl (C=O) groups excluding carboxylic acids is 1. The molecule has 0 atom stereocenters. The minimum Gasteiger partial charge on any atom is -0.496 e. The van der Waals surface area contributed by atoms with Crippen LogP contribution >= 0.6 is 0 Å². The molecule has 0 fully saturated rings. The standard InChI is InChI=1S/C25H25N3O3/c1-30-23-14-8-5-9-19(23)17-28-22-13-7-6-12-21(22)27-24(28)15-16-26-25(29)18-31-20-10-3-2-4-11-20/h2-14H,15-18H2,1H3,(H,26,29). The maximum Gasteiger partial charge on any atom is 0.257 e. The maximum absolute atomic E-state index is 12.2. The van der Waals surface area contributed by atoms with Crippen molar-refractivity contribution in [2.75, 3.05) is 20.3 Å². The van der Waals surface area contributed by atoms with E-state index >= 15 is 0 Å². The summed E-state index contributed by atoms with van der Waals surface area (Å²) in [6, 6.07) is 25.3. The molecule has 1 aromatic heterocycles. The normalized spacial score (nSPS) is 10.7. The first-order valence-electron chi connectivity index (χ1n) is 10.2. The Bertz CT molecular complexity index is 1160. The molecule has 0 unspecified atom stereocenters. The average molecular weight is 415 g/mol. The number of carbonyl (C=O) groups is 1. The number of imidazole rings is 1. The van der Waals surface area contributed by atoms with E-state index in [1.807, 2.05) is 66.7 Å². The molecule has 0 radical (unpaired) electrons. The van der Waals surface area contributed by atoms with Crippen LogP contribution in [0.25, 0.3) is 11.0 Å². The van der Waals surface area contributed by atoms with Gasteiger partial charge in [-0.05, 0) is 30.3 Å². The monoisotopic (exact) mass is 415 g/mol. The second-order valence-electron chi connectivity index (χ2n) is 7.12. The number of ether oxygens (including phenoxy) is 2. The zero-order valence-corrected chi connectivity index (χ0v) is 17.5. The largest absolute Gasteiger partial charge is 0.496 e. The minimum atomic E-state index is -0.156. The molecule has 0 aliphatic rings. The van der Waals surface area contributed by atoms with Gasteiger partial charge in [-0.3, -0.25) is 4.79 Å². The lowest BCUT2D eigenvalue weighted by Crippen LogP contribution is -2.31. The van der Waals surface area contributed by atoms with E-state index in [-0.39, 0.29) is 12.5 Å². The first-order chi connectivity index (χ1) is 15.2. The summed E-state index contributed by atoms with van der Waals surface area (Å²) >= 11 is 0. The number of rotatable bonds is 9. The highest BCUT2D eigenvalue weighted by Crippen LogP contribution is 2.23. The Kier molecular flexibility index (Phi) is 6.47. The lowest BCUT2D eigenvalue weighted by molar-refractivity contribution is -0.123. The first-order valence-corrected chi connectivity index (χ1v) is 10.2. The van der Waals surface area contributed by atoms with Crippen molar-refractivity contribution in [2.24, 2.45) is 0 Å². The van der Waals surface area contributed by atoms with Gasteiger partial charge >= 0.3 is 0 Å². The van der Waals surface area contributed by atoms with Crippen LogP contribution in [0, 0.1) is 0 Å². The number of hydrogen-bond donors (Lipinski definition) is 1. The third kappa shape index (κ3) is 5.04. The van der Waals surface area contributed by atoms with Gasteiger partial charge in [-0.15, -0.1) is 0 Å². The van der Waals surface area contributed by atoms with Gasteiger partial charge < -0.3 is 19.4 Å². The summed E-state index contributed by atoms with van der Waals surface area (Å²) in [5.41, 5.74) is 3.07. The van der Waals surface area contributed by atoms with Gasteiger partial charge in [-0.25, -0.2) is 4.98 Å². The Morgan fingerprint density at radius 1 is 0.968 bits per heavy atom. The van der Waals surface area contributed by atoms with Crippen LogP contribution in [0.4, 0.5) is 0 Å². The van der Waals surface area contributed by atoms with E-state index in [9.17, 15) is 4.79 Å². The second-order valence-corrected chi connectivity index (χ2v) is 7.12. The van der Waals surface area contributed by atoms with Crippen molar-refractivity contribution in [3.8, 4) is 11.5 Å². The van der Waals surface area contributed by atoms with E-state index in [1.165, 1.54) is 0 Å². The lowest BCUT2D eigenvalue weighted by atomic mass is 10.2. The summed E-state index contributed by atoms with van der Waals surface area (Å²) in [5, 5.41) is 2.92. The molecule has 6 nitrogen and oxygen atoms in total. The fourth-order valence-corrected chi connectivity index (χ4v) is 3.53. The van der Waals surface area contributed by atoms with Crippen molar-refractivity contribution in [3.05, 3.63) is 90.3 Å². The summed E-state index contributed by atoms with van der Waals surface area (Å²) in [6.07, 6.45) is 0.612. The third-order valence-corrected chi connectivity index (χ3v) is 5.04. The van der Waals surface area contributed by atoms with E-state index in [0.29, 0.717) is 25.3 Å². The Morgan fingerprint density at radius 2 is 1.71 bits per heavy atom. The molecule has 1 N–H and O–H groups in total. The molecule has 0 aliphatic heterocycles. The van der Waals surface area contributed by atoms with Gasteiger partial charge in [0.2, 0.25) is 0 Å². The summed E-state index contributed by atoms with van der Waals surface area (Å²) in [6.45, 7) is 1.11. The SMILES string of the molecule is COc1ccccc1Cn1c(CCNC(=O)COc2ccccc2)nc2ccccc21. The smallest absolute Gasteiger partial charge is 0.257 e. The van der Waals surface area contributed by atoms with Gasteiger partial charge in [0.15, 0.2) is 6.61 Å². The van der Waals surface area contributed by atoms with Gasteiger partial charge in [-0.1, -0.05) is 48.5 Å².